The second-order valence-electron chi connectivity index (χ2n) is 5.20. The van der Waals surface area contributed by atoms with Crippen molar-refractivity contribution in [2.45, 2.75) is 19.6 Å². The van der Waals surface area contributed by atoms with Gasteiger partial charge in [0.2, 0.25) is 11.8 Å². The third kappa shape index (κ3) is 3.95. The molecule has 0 spiro atoms. The first kappa shape index (κ1) is 15.7. The molecule has 0 saturated carbocycles. The number of aromatic nitrogens is 4. The largest absolute Gasteiger partial charge is 0.473 e. The molecule has 7 heteroatoms. The third-order valence-corrected chi connectivity index (χ3v) is 3.44. The van der Waals surface area contributed by atoms with Crippen molar-refractivity contribution in [1.29, 1.82) is 0 Å². The summed E-state index contributed by atoms with van der Waals surface area (Å²) in [6, 6.07) is 12.7. The monoisotopic (exact) mass is 323 g/mol. The van der Waals surface area contributed by atoms with Crippen LogP contribution in [0.1, 0.15) is 18.5 Å². The highest BCUT2D eigenvalue weighted by Crippen LogP contribution is 2.17. The molecule has 0 aliphatic carbocycles. The quantitative estimate of drug-likeness (QED) is 0.753. The fraction of sp³-hybridized carbons (Fsp3) is 0.176. The maximum absolute atomic E-state index is 12.2. The number of benzene rings is 1. The topological polar surface area (TPSA) is 81.9 Å². The summed E-state index contributed by atoms with van der Waals surface area (Å²) < 4.78 is 7.15. The number of nitrogens with one attached hydrogen (secondary N) is 1. The molecule has 1 amide bonds. The van der Waals surface area contributed by atoms with Crippen molar-refractivity contribution in [3.05, 3.63) is 66.9 Å². The summed E-state index contributed by atoms with van der Waals surface area (Å²) in [5.74, 6) is 0.255. The molecule has 0 aliphatic heterocycles. The molecule has 24 heavy (non-hydrogen) atoms. The lowest BCUT2D eigenvalue weighted by Crippen LogP contribution is -2.24. The predicted octanol–water partition coefficient (Wildman–Crippen LogP) is 2.45. The Morgan fingerprint density at radius 1 is 1.29 bits per heavy atom. The van der Waals surface area contributed by atoms with E-state index in [9.17, 15) is 4.79 Å². The van der Waals surface area contributed by atoms with Crippen molar-refractivity contribution in [2.24, 2.45) is 0 Å². The number of pyridine rings is 1. The van der Waals surface area contributed by atoms with Crippen LogP contribution >= 0.6 is 0 Å². The van der Waals surface area contributed by atoms with Gasteiger partial charge in [0.05, 0.1) is 0 Å². The minimum atomic E-state index is -0.464. The molecule has 1 atom stereocenters. The summed E-state index contributed by atoms with van der Waals surface area (Å²) >= 11 is 0. The zero-order chi connectivity index (χ0) is 16.8. The standard InChI is InChI=1S/C17H17N5O2/c1-13(22-12-18-11-20-22)17(23)21-15-7-8-19-16(9-15)24-10-14-5-3-2-4-6-14/h2-9,11-13H,10H2,1H3,(H,19,21,23). The first-order valence-corrected chi connectivity index (χ1v) is 7.50. The average Bonchev–Trinajstić information content (AvgIpc) is 3.15. The van der Waals surface area contributed by atoms with Crippen LogP contribution in [0, 0.1) is 0 Å². The Kier molecular flexibility index (Phi) is 4.81. The Bertz CT molecular complexity index is 790. The van der Waals surface area contributed by atoms with Crippen molar-refractivity contribution in [1.82, 2.24) is 19.7 Å². The van der Waals surface area contributed by atoms with Crippen LogP contribution in [0.4, 0.5) is 5.69 Å². The fourth-order valence-corrected chi connectivity index (χ4v) is 2.08. The molecule has 2 aromatic heterocycles. The number of ether oxygens (including phenoxy) is 1. The van der Waals surface area contributed by atoms with E-state index in [0.29, 0.717) is 18.2 Å². The number of hydrogen-bond donors (Lipinski definition) is 1. The summed E-state index contributed by atoms with van der Waals surface area (Å²) in [7, 11) is 0. The molecule has 2 heterocycles. The van der Waals surface area contributed by atoms with Gasteiger partial charge in [0, 0.05) is 18.0 Å². The van der Waals surface area contributed by atoms with Crippen LogP contribution in [-0.4, -0.2) is 25.7 Å². The Labute approximate surface area is 139 Å². The summed E-state index contributed by atoms with van der Waals surface area (Å²) in [4.78, 5) is 20.2. The minimum Gasteiger partial charge on any atom is -0.473 e. The van der Waals surface area contributed by atoms with Crippen LogP contribution in [0.5, 0.6) is 5.88 Å². The summed E-state index contributed by atoms with van der Waals surface area (Å²) in [6.45, 7) is 2.17. The molecule has 3 aromatic rings. The lowest BCUT2D eigenvalue weighted by atomic mass is 10.2. The lowest BCUT2D eigenvalue weighted by molar-refractivity contribution is -0.119. The van der Waals surface area contributed by atoms with Gasteiger partial charge in [-0.3, -0.25) is 4.79 Å². The predicted molar refractivity (Wildman–Crippen MR) is 88.4 cm³/mol. The van der Waals surface area contributed by atoms with Gasteiger partial charge in [-0.1, -0.05) is 30.3 Å². The Morgan fingerprint density at radius 2 is 2.12 bits per heavy atom. The van der Waals surface area contributed by atoms with Crippen molar-refractivity contribution in [3.8, 4) is 5.88 Å². The number of anilines is 1. The van der Waals surface area contributed by atoms with E-state index < -0.39 is 6.04 Å². The van der Waals surface area contributed by atoms with Gasteiger partial charge in [0.25, 0.3) is 0 Å². The number of carbonyl (C=O) groups is 1. The van der Waals surface area contributed by atoms with Gasteiger partial charge in [-0.2, -0.15) is 5.10 Å². The molecule has 1 N–H and O–H groups in total. The van der Waals surface area contributed by atoms with Crippen LogP contribution in [-0.2, 0) is 11.4 Å². The molecule has 0 fully saturated rings. The molecule has 0 aliphatic rings. The first-order valence-electron chi connectivity index (χ1n) is 7.50. The van der Waals surface area contributed by atoms with Gasteiger partial charge in [0.15, 0.2) is 0 Å². The number of rotatable bonds is 6. The number of hydrogen-bond acceptors (Lipinski definition) is 5. The normalized spacial score (nSPS) is 11.7. The van der Waals surface area contributed by atoms with Crippen molar-refractivity contribution < 1.29 is 9.53 Å². The Hall–Kier alpha value is -3.22. The van der Waals surface area contributed by atoms with Crippen LogP contribution < -0.4 is 10.1 Å². The molecule has 0 bridgehead atoms. The lowest BCUT2D eigenvalue weighted by Gasteiger charge is -2.12. The highest BCUT2D eigenvalue weighted by molar-refractivity contribution is 5.93. The zero-order valence-corrected chi connectivity index (χ0v) is 13.2. The van der Waals surface area contributed by atoms with Crippen LogP contribution in [0.15, 0.2) is 61.3 Å². The molecular weight excluding hydrogens is 306 g/mol. The highest BCUT2D eigenvalue weighted by Gasteiger charge is 2.15. The first-order chi connectivity index (χ1) is 11.7. The Balaban J connectivity index is 1.61. The van der Waals surface area contributed by atoms with Gasteiger partial charge in [0.1, 0.15) is 25.3 Å². The van der Waals surface area contributed by atoms with E-state index >= 15 is 0 Å². The minimum absolute atomic E-state index is 0.194. The van der Waals surface area contributed by atoms with Gasteiger partial charge in [-0.15, -0.1) is 0 Å². The Morgan fingerprint density at radius 3 is 2.88 bits per heavy atom. The number of carbonyl (C=O) groups excluding carboxylic acids is 1. The van der Waals surface area contributed by atoms with E-state index in [1.54, 1.807) is 25.3 Å². The maximum Gasteiger partial charge on any atom is 0.249 e. The van der Waals surface area contributed by atoms with Gasteiger partial charge >= 0.3 is 0 Å². The second-order valence-corrected chi connectivity index (χ2v) is 5.20. The van der Waals surface area contributed by atoms with Crippen LogP contribution in [0.25, 0.3) is 0 Å². The molecule has 7 nitrogen and oxygen atoms in total. The van der Waals surface area contributed by atoms with E-state index in [2.05, 4.69) is 20.4 Å². The van der Waals surface area contributed by atoms with Gasteiger partial charge in [-0.05, 0) is 18.6 Å². The van der Waals surface area contributed by atoms with Crippen molar-refractivity contribution in [2.75, 3.05) is 5.32 Å². The molecule has 122 valence electrons. The fourth-order valence-electron chi connectivity index (χ4n) is 2.08. The SMILES string of the molecule is CC(C(=O)Nc1ccnc(OCc2ccccc2)c1)n1cncn1. The van der Waals surface area contributed by atoms with Gasteiger partial charge in [-0.25, -0.2) is 14.6 Å². The van der Waals surface area contributed by atoms with Crippen LogP contribution in [0.3, 0.4) is 0 Å². The molecule has 3 rings (SSSR count). The zero-order valence-electron chi connectivity index (χ0n) is 13.2. The van der Waals surface area contributed by atoms with E-state index in [4.69, 9.17) is 4.74 Å². The summed E-state index contributed by atoms with van der Waals surface area (Å²) in [5, 5.41) is 6.79. The smallest absolute Gasteiger partial charge is 0.249 e. The molecule has 1 unspecified atom stereocenters. The van der Waals surface area contributed by atoms with E-state index in [1.165, 1.54) is 17.3 Å². The number of amides is 1. The summed E-state index contributed by atoms with van der Waals surface area (Å²) in [5.41, 5.74) is 1.67. The van der Waals surface area contributed by atoms with Crippen molar-refractivity contribution >= 4 is 11.6 Å². The average molecular weight is 323 g/mol. The number of nitrogens with zero attached hydrogens (tertiary/aromatic N) is 4. The third-order valence-electron chi connectivity index (χ3n) is 3.44. The van der Waals surface area contributed by atoms with E-state index in [1.807, 2.05) is 30.3 Å². The molecule has 0 saturated heterocycles. The van der Waals surface area contributed by atoms with Gasteiger partial charge < -0.3 is 10.1 Å². The maximum atomic E-state index is 12.2. The molecule has 0 radical (unpaired) electrons. The van der Waals surface area contributed by atoms with Crippen LogP contribution in [0.2, 0.25) is 0 Å². The molecular formula is C17H17N5O2. The van der Waals surface area contributed by atoms with E-state index in [0.717, 1.165) is 5.56 Å². The van der Waals surface area contributed by atoms with Crippen molar-refractivity contribution in [3.63, 3.8) is 0 Å². The molecule has 1 aromatic carbocycles. The summed E-state index contributed by atoms with van der Waals surface area (Å²) in [6.07, 6.45) is 4.49. The highest BCUT2D eigenvalue weighted by atomic mass is 16.5. The second kappa shape index (κ2) is 7.36. The van der Waals surface area contributed by atoms with E-state index in [-0.39, 0.29) is 5.91 Å².